The molecule has 0 atom stereocenters. The summed E-state index contributed by atoms with van der Waals surface area (Å²) in [5.41, 5.74) is 1.01. The van der Waals surface area contributed by atoms with Crippen molar-refractivity contribution in [3.8, 4) is 22.9 Å². The normalized spacial score (nSPS) is 15.2. The standard InChI is InChI=1S/C33H47N5O7/c1-6-8-22-44-30-28(32(41)36-18-14-34(15-19-36)24(3)39)38(26-10-12-27(43-5)13-11-26)29(31(30)45-23-9-7-2)33(42)37-20-16-35(17-21-37)25(4)40/h10-13H,6-9,14-23H2,1-5H3. The number of piperazine rings is 2. The molecule has 0 bridgehead atoms. The van der Waals surface area contributed by atoms with Crippen LogP contribution in [0.4, 0.5) is 0 Å². The first-order chi connectivity index (χ1) is 21.7. The van der Waals surface area contributed by atoms with Crippen LogP contribution in [-0.4, -0.2) is 120 Å². The van der Waals surface area contributed by atoms with Crippen molar-refractivity contribution in [1.29, 1.82) is 0 Å². The summed E-state index contributed by atoms with van der Waals surface area (Å²) < 4.78 is 19.8. The number of carbonyl (C=O) groups is 4. The van der Waals surface area contributed by atoms with E-state index in [9.17, 15) is 19.2 Å². The molecule has 12 nitrogen and oxygen atoms in total. The smallest absolute Gasteiger partial charge is 0.275 e. The van der Waals surface area contributed by atoms with Crippen LogP contribution in [0.15, 0.2) is 24.3 Å². The predicted octanol–water partition coefficient (Wildman–Crippen LogP) is 3.45. The maximum Gasteiger partial charge on any atom is 0.275 e. The van der Waals surface area contributed by atoms with Crippen LogP contribution in [-0.2, 0) is 9.59 Å². The molecule has 0 spiro atoms. The highest BCUT2D eigenvalue weighted by Crippen LogP contribution is 2.42. The summed E-state index contributed by atoms with van der Waals surface area (Å²) in [4.78, 5) is 59.9. The summed E-state index contributed by atoms with van der Waals surface area (Å²) in [5, 5.41) is 0. The van der Waals surface area contributed by atoms with E-state index in [0.29, 0.717) is 77.0 Å². The molecule has 12 heteroatoms. The Hall–Kier alpha value is -4.22. The fourth-order valence-corrected chi connectivity index (χ4v) is 5.56. The number of ether oxygens (including phenoxy) is 3. The second-order valence-electron chi connectivity index (χ2n) is 11.4. The number of benzene rings is 1. The van der Waals surface area contributed by atoms with Crippen molar-refractivity contribution in [2.75, 3.05) is 72.7 Å². The lowest BCUT2D eigenvalue weighted by Crippen LogP contribution is -2.51. The zero-order valence-corrected chi connectivity index (χ0v) is 27.3. The Morgan fingerprint density at radius 1 is 0.622 bits per heavy atom. The number of methoxy groups -OCH3 is 1. The van der Waals surface area contributed by atoms with Gasteiger partial charge in [0.1, 0.15) is 5.75 Å². The van der Waals surface area contributed by atoms with Gasteiger partial charge in [0.05, 0.1) is 20.3 Å². The number of carbonyl (C=O) groups excluding carboxylic acids is 4. The SMILES string of the molecule is CCCCOc1c(OCCCC)c(C(=O)N2CCN(C(C)=O)CC2)n(-c2ccc(OC)cc2)c1C(=O)N1CCN(C(C)=O)CC1. The third-order valence-corrected chi connectivity index (χ3v) is 8.33. The minimum absolute atomic E-state index is 0.0309. The molecule has 0 unspecified atom stereocenters. The molecule has 2 aliphatic rings. The Morgan fingerprint density at radius 3 is 1.33 bits per heavy atom. The quantitative estimate of drug-likeness (QED) is 0.332. The van der Waals surface area contributed by atoms with E-state index in [4.69, 9.17) is 14.2 Å². The molecule has 3 heterocycles. The van der Waals surface area contributed by atoms with Gasteiger partial charge in [-0.15, -0.1) is 0 Å². The maximum absolute atomic E-state index is 14.5. The van der Waals surface area contributed by atoms with Crippen LogP contribution >= 0.6 is 0 Å². The molecule has 1 aromatic heterocycles. The molecule has 0 N–H and O–H groups in total. The summed E-state index contributed by atoms with van der Waals surface area (Å²) >= 11 is 0. The minimum Gasteiger partial charge on any atom is -0.497 e. The van der Waals surface area contributed by atoms with E-state index in [1.807, 2.05) is 0 Å². The molecule has 4 amide bonds. The number of rotatable bonds is 12. The number of hydrogen-bond acceptors (Lipinski definition) is 7. The van der Waals surface area contributed by atoms with Crippen LogP contribution in [0.25, 0.3) is 5.69 Å². The highest BCUT2D eigenvalue weighted by molar-refractivity contribution is 6.04. The van der Waals surface area contributed by atoms with Gasteiger partial charge >= 0.3 is 0 Å². The van der Waals surface area contributed by atoms with Gasteiger partial charge in [-0.1, -0.05) is 26.7 Å². The van der Waals surface area contributed by atoms with E-state index >= 15 is 0 Å². The van der Waals surface area contributed by atoms with Gasteiger partial charge in [0.15, 0.2) is 22.9 Å². The molecular weight excluding hydrogens is 578 g/mol. The van der Waals surface area contributed by atoms with Crippen molar-refractivity contribution in [3.63, 3.8) is 0 Å². The van der Waals surface area contributed by atoms with Gasteiger partial charge in [-0.3, -0.25) is 23.7 Å². The van der Waals surface area contributed by atoms with Crippen LogP contribution in [0.1, 0.15) is 74.4 Å². The molecule has 0 saturated carbocycles. The van der Waals surface area contributed by atoms with Gasteiger partial charge in [0.25, 0.3) is 11.8 Å². The number of aromatic nitrogens is 1. The van der Waals surface area contributed by atoms with Gasteiger partial charge in [0.2, 0.25) is 11.8 Å². The van der Waals surface area contributed by atoms with Crippen molar-refractivity contribution in [2.45, 2.75) is 53.4 Å². The maximum atomic E-state index is 14.5. The fraction of sp³-hybridized carbons (Fsp3) is 0.576. The van der Waals surface area contributed by atoms with E-state index in [2.05, 4.69) is 13.8 Å². The van der Waals surface area contributed by atoms with Crippen LogP contribution < -0.4 is 14.2 Å². The van der Waals surface area contributed by atoms with Crippen molar-refractivity contribution in [1.82, 2.24) is 24.2 Å². The monoisotopic (exact) mass is 625 g/mol. The minimum atomic E-state index is -0.304. The molecule has 0 radical (unpaired) electrons. The zero-order chi connectivity index (χ0) is 32.5. The van der Waals surface area contributed by atoms with Crippen molar-refractivity contribution in [3.05, 3.63) is 35.7 Å². The number of nitrogens with zero attached hydrogens (tertiary/aromatic N) is 5. The van der Waals surface area contributed by atoms with Crippen LogP contribution in [0.2, 0.25) is 0 Å². The Labute approximate surface area is 265 Å². The zero-order valence-electron chi connectivity index (χ0n) is 27.3. The molecular formula is C33H47N5O7. The van der Waals surface area contributed by atoms with E-state index < -0.39 is 0 Å². The Balaban J connectivity index is 1.90. The predicted molar refractivity (Wildman–Crippen MR) is 169 cm³/mol. The van der Waals surface area contributed by atoms with Crippen LogP contribution in [0.5, 0.6) is 17.2 Å². The van der Waals surface area contributed by atoms with Gasteiger partial charge < -0.3 is 33.8 Å². The Kier molecular flexibility index (Phi) is 11.7. The van der Waals surface area contributed by atoms with Gasteiger partial charge in [-0.2, -0.15) is 0 Å². The molecule has 2 aliphatic heterocycles. The largest absolute Gasteiger partial charge is 0.497 e. The number of hydrogen-bond donors (Lipinski definition) is 0. The van der Waals surface area contributed by atoms with E-state index in [1.54, 1.807) is 55.5 Å². The first kappa shape index (κ1) is 33.7. The second kappa shape index (κ2) is 15.7. The molecule has 1 aromatic carbocycles. The molecule has 246 valence electrons. The van der Waals surface area contributed by atoms with Gasteiger partial charge in [0, 0.05) is 71.9 Å². The number of unbranched alkanes of at least 4 members (excludes halogenated alkanes) is 2. The first-order valence-corrected chi connectivity index (χ1v) is 16.0. The molecule has 4 rings (SSSR count). The third kappa shape index (κ3) is 7.72. The molecule has 2 aromatic rings. The first-order valence-electron chi connectivity index (χ1n) is 16.0. The average Bonchev–Trinajstić information content (AvgIpc) is 3.38. The second-order valence-corrected chi connectivity index (χ2v) is 11.4. The third-order valence-electron chi connectivity index (χ3n) is 8.33. The van der Waals surface area contributed by atoms with Crippen molar-refractivity contribution in [2.24, 2.45) is 0 Å². The van der Waals surface area contributed by atoms with E-state index in [0.717, 1.165) is 25.7 Å². The van der Waals surface area contributed by atoms with Crippen molar-refractivity contribution >= 4 is 23.6 Å². The molecule has 0 aliphatic carbocycles. The average molecular weight is 626 g/mol. The summed E-state index contributed by atoms with van der Waals surface area (Å²) in [7, 11) is 1.58. The lowest BCUT2D eigenvalue weighted by molar-refractivity contribution is -0.131. The molecule has 45 heavy (non-hydrogen) atoms. The Bertz CT molecular complexity index is 1260. The number of amides is 4. The summed E-state index contributed by atoms with van der Waals surface area (Å²) in [6.07, 6.45) is 3.27. The lowest BCUT2D eigenvalue weighted by atomic mass is 10.2. The van der Waals surface area contributed by atoms with Crippen LogP contribution in [0.3, 0.4) is 0 Å². The topological polar surface area (TPSA) is 114 Å². The molecule has 2 fully saturated rings. The van der Waals surface area contributed by atoms with Crippen molar-refractivity contribution < 1.29 is 33.4 Å². The highest BCUT2D eigenvalue weighted by atomic mass is 16.5. The summed E-state index contributed by atoms with van der Waals surface area (Å²) in [5.74, 6) is 0.460. The summed E-state index contributed by atoms with van der Waals surface area (Å²) in [6.45, 7) is 10.9. The molecule has 2 saturated heterocycles. The fourth-order valence-electron chi connectivity index (χ4n) is 5.56. The highest BCUT2D eigenvalue weighted by Gasteiger charge is 2.39. The lowest BCUT2D eigenvalue weighted by Gasteiger charge is -2.35. The van der Waals surface area contributed by atoms with Gasteiger partial charge in [-0.05, 0) is 37.1 Å². The van der Waals surface area contributed by atoms with E-state index in [-0.39, 0.29) is 46.5 Å². The summed E-state index contributed by atoms with van der Waals surface area (Å²) in [6, 6.07) is 7.17. The Morgan fingerprint density at radius 2 is 1.00 bits per heavy atom. The van der Waals surface area contributed by atoms with Gasteiger partial charge in [-0.25, -0.2) is 0 Å². The van der Waals surface area contributed by atoms with Crippen LogP contribution in [0, 0.1) is 0 Å². The van der Waals surface area contributed by atoms with E-state index in [1.165, 1.54) is 13.8 Å².